The fraction of sp³-hybridized carbons (Fsp3) is 0.640. The quantitative estimate of drug-likeness (QED) is 0.724. The van der Waals surface area contributed by atoms with Gasteiger partial charge in [0.2, 0.25) is 0 Å². The highest BCUT2D eigenvalue weighted by molar-refractivity contribution is 5.81. The molecule has 158 valence electrons. The summed E-state index contributed by atoms with van der Waals surface area (Å²) >= 11 is 0. The number of ether oxygens (including phenoxy) is 1. The number of pyridine rings is 1. The summed E-state index contributed by atoms with van der Waals surface area (Å²) in [4.78, 5) is 18.5. The van der Waals surface area contributed by atoms with Crippen LogP contribution in [0.3, 0.4) is 0 Å². The first-order valence-corrected chi connectivity index (χ1v) is 11.3. The number of aromatic nitrogens is 1. The summed E-state index contributed by atoms with van der Waals surface area (Å²) in [5.74, 6) is 0.796. The van der Waals surface area contributed by atoms with Gasteiger partial charge >= 0.3 is 0 Å². The Hall–Kier alpha value is -1.81. The van der Waals surface area contributed by atoms with E-state index in [0.717, 1.165) is 47.3 Å². The smallest absolute Gasteiger partial charge is 0.198 e. The predicted octanol–water partition coefficient (Wildman–Crippen LogP) is 4.00. The zero-order valence-corrected chi connectivity index (χ0v) is 18.8. The van der Waals surface area contributed by atoms with Crippen molar-refractivity contribution in [2.24, 2.45) is 10.8 Å². The number of rotatable bonds is 6. The lowest BCUT2D eigenvalue weighted by Crippen LogP contribution is -3.12. The van der Waals surface area contributed by atoms with Crippen LogP contribution in [0.15, 0.2) is 23.0 Å². The van der Waals surface area contributed by atoms with Crippen molar-refractivity contribution in [1.82, 2.24) is 4.98 Å². The van der Waals surface area contributed by atoms with Crippen LogP contribution in [0.2, 0.25) is 0 Å². The van der Waals surface area contributed by atoms with Crippen molar-refractivity contribution < 1.29 is 9.64 Å². The molecule has 4 rings (SSSR count). The third-order valence-corrected chi connectivity index (χ3v) is 7.13. The molecule has 0 spiro atoms. The first-order valence-electron chi connectivity index (χ1n) is 11.3. The molecule has 2 bridgehead atoms. The highest BCUT2D eigenvalue weighted by atomic mass is 16.5. The Balaban J connectivity index is 1.63. The van der Waals surface area contributed by atoms with Gasteiger partial charge in [-0.25, -0.2) is 0 Å². The van der Waals surface area contributed by atoms with Crippen LogP contribution in [0.25, 0.3) is 10.9 Å². The number of hydrogen-bond acceptors (Lipinski definition) is 2. The summed E-state index contributed by atoms with van der Waals surface area (Å²) in [5, 5.41) is 0.757. The number of likely N-dealkylation sites (tertiary alicyclic amines) is 1. The zero-order chi connectivity index (χ0) is 20.8. The van der Waals surface area contributed by atoms with Gasteiger partial charge in [0, 0.05) is 34.9 Å². The fourth-order valence-electron chi connectivity index (χ4n) is 6.25. The molecule has 4 heteroatoms. The number of benzene rings is 1. The maximum absolute atomic E-state index is 13.4. The molecule has 1 unspecified atom stereocenters. The number of quaternary nitrogens is 1. The molecule has 0 radical (unpaired) electrons. The Morgan fingerprint density at radius 2 is 2.03 bits per heavy atom. The van der Waals surface area contributed by atoms with Gasteiger partial charge in [0.1, 0.15) is 12.3 Å². The van der Waals surface area contributed by atoms with E-state index in [1.165, 1.54) is 25.8 Å². The first kappa shape index (κ1) is 20.5. The van der Waals surface area contributed by atoms with Crippen LogP contribution >= 0.6 is 0 Å². The average molecular weight is 398 g/mol. The van der Waals surface area contributed by atoms with E-state index in [1.54, 1.807) is 4.90 Å². The molecule has 1 aromatic heterocycles. The lowest BCUT2D eigenvalue weighted by molar-refractivity contribution is -0.928. The molecule has 1 saturated heterocycles. The molecule has 2 aliphatic rings. The van der Waals surface area contributed by atoms with Crippen LogP contribution in [-0.2, 0) is 6.54 Å². The number of hydrogen-bond donors (Lipinski definition) is 2. The Labute approximate surface area is 174 Å². The third kappa shape index (κ3) is 4.09. The van der Waals surface area contributed by atoms with Crippen molar-refractivity contribution in [3.05, 3.63) is 39.7 Å². The number of aromatic amines is 1. The highest BCUT2D eigenvalue weighted by Crippen LogP contribution is 2.47. The van der Waals surface area contributed by atoms with E-state index in [0.29, 0.717) is 23.5 Å². The maximum Gasteiger partial charge on any atom is 0.198 e. The molecule has 1 aromatic carbocycles. The molecule has 2 heterocycles. The van der Waals surface area contributed by atoms with Crippen LogP contribution in [0.4, 0.5) is 0 Å². The lowest BCUT2D eigenvalue weighted by Gasteiger charge is -2.37. The lowest BCUT2D eigenvalue weighted by atomic mass is 9.65. The largest absolute Gasteiger partial charge is 0.494 e. The van der Waals surface area contributed by atoms with E-state index in [1.807, 2.05) is 18.2 Å². The van der Waals surface area contributed by atoms with E-state index in [4.69, 9.17) is 4.74 Å². The monoisotopic (exact) mass is 397 g/mol. The van der Waals surface area contributed by atoms with Crippen molar-refractivity contribution in [1.29, 1.82) is 0 Å². The number of nitrogens with one attached hydrogen (secondary N) is 2. The van der Waals surface area contributed by atoms with Crippen molar-refractivity contribution in [2.75, 3.05) is 13.2 Å². The summed E-state index contributed by atoms with van der Waals surface area (Å²) in [6, 6.07) is 6.54. The predicted molar refractivity (Wildman–Crippen MR) is 119 cm³/mol. The minimum absolute atomic E-state index is 0.176. The molecule has 4 nitrogen and oxygen atoms in total. The molecule has 2 aromatic rings. The van der Waals surface area contributed by atoms with Crippen LogP contribution in [-0.4, -0.2) is 24.2 Å². The molecule has 1 saturated carbocycles. The van der Waals surface area contributed by atoms with Gasteiger partial charge in [0.05, 0.1) is 24.8 Å². The summed E-state index contributed by atoms with van der Waals surface area (Å²) < 4.78 is 5.85. The summed E-state index contributed by atoms with van der Waals surface area (Å²) in [5.41, 5.74) is 3.87. The van der Waals surface area contributed by atoms with Gasteiger partial charge in [-0.15, -0.1) is 0 Å². The first-order chi connectivity index (χ1) is 13.7. The Bertz CT molecular complexity index is 961. The van der Waals surface area contributed by atoms with Crippen LogP contribution < -0.4 is 15.1 Å². The minimum atomic E-state index is 0.176. The SMILES string of the molecule is CCCCOc1ccc2[nH]c(C)c(C[NH+]3C[C@@]4(C)C[C@@H]3CC(C)(C)C4)c(=O)c2c1. The van der Waals surface area contributed by atoms with Gasteiger partial charge in [-0.3, -0.25) is 4.79 Å². The second kappa shape index (κ2) is 7.46. The van der Waals surface area contributed by atoms with E-state index in [9.17, 15) is 4.79 Å². The van der Waals surface area contributed by atoms with Crippen molar-refractivity contribution in [3.63, 3.8) is 0 Å². The van der Waals surface area contributed by atoms with E-state index < -0.39 is 0 Å². The molecule has 2 N–H and O–H groups in total. The normalized spacial score (nSPS) is 28.0. The van der Waals surface area contributed by atoms with Crippen molar-refractivity contribution in [2.45, 2.75) is 79.3 Å². The topological polar surface area (TPSA) is 46.5 Å². The Morgan fingerprint density at radius 1 is 1.24 bits per heavy atom. The molecule has 29 heavy (non-hydrogen) atoms. The average Bonchev–Trinajstić information content (AvgIpc) is 2.87. The summed E-state index contributed by atoms with van der Waals surface area (Å²) in [6.45, 7) is 14.2. The standard InChI is InChI=1S/C25H36N2O2/c1-6-7-10-29-19-8-9-22-20(11-19)23(28)21(17(2)26-22)14-27-16-25(5)13-18(27)12-24(3,4)15-25/h8-9,11,18H,6-7,10,12-16H2,1-5H3,(H,26,28)/p+1/t18-,25-/m0/s1. The highest BCUT2D eigenvalue weighted by Gasteiger charge is 2.52. The molecule has 1 aliphatic carbocycles. The van der Waals surface area contributed by atoms with Gasteiger partial charge in [-0.1, -0.05) is 34.1 Å². The van der Waals surface area contributed by atoms with Crippen LogP contribution in [0.1, 0.15) is 71.1 Å². The number of unbranched alkanes of at least 4 members (excludes halogenated alkanes) is 1. The van der Waals surface area contributed by atoms with Gasteiger partial charge in [0.25, 0.3) is 0 Å². The Morgan fingerprint density at radius 3 is 2.79 bits per heavy atom. The van der Waals surface area contributed by atoms with Crippen molar-refractivity contribution >= 4 is 10.9 Å². The zero-order valence-electron chi connectivity index (χ0n) is 18.8. The summed E-state index contributed by atoms with van der Waals surface area (Å²) in [7, 11) is 0. The van der Waals surface area contributed by atoms with E-state index in [-0.39, 0.29) is 5.43 Å². The van der Waals surface area contributed by atoms with Crippen LogP contribution in [0, 0.1) is 17.8 Å². The third-order valence-electron chi connectivity index (χ3n) is 7.13. The van der Waals surface area contributed by atoms with E-state index >= 15 is 0 Å². The molecular weight excluding hydrogens is 360 g/mol. The molecule has 2 fully saturated rings. The number of fused-ring (bicyclic) bond motifs is 3. The van der Waals surface area contributed by atoms with Gasteiger partial charge in [-0.2, -0.15) is 0 Å². The fourth-order valence-corrected chi connectivity index (χ4v) is 6.25. The molecule has 1 aliphatic heterocycles. The number of H-pyrrole nitrogens is 1. The second-order valence-corrected chi connectivity index (χ2v) is 10.7. The molecule has 3 atom stereocenters. The molecule has 0 amide bonds. The summed E-state index contributed by atoms with van der Waals surface area (Å²) in [6.07, 6.45) is 5.99. The van der Waals surface area contributed by atoms with Crippen LogP contribution in [0.5, 0.6) is 5.75 Å². The maximum atomic E-state index is 13.4. The van der Waals surface area contributed by atoms with Gasteiger partial charge in [0.15, 0.2) is 5.43 Å². The number of aryl methyl sites for hydroxylation is 1. The van der Waals surface area contributed by atoms with E-state index in [2.05, 4.69) is 39.6 Å². The Kier molecular flexibility index (Phi) is 5.27. The van der Waals surface area contributed by atoms with Gasteiger partial charge < -0.3 is 14.6 Å². The minimum Gasteiger partial charge on any atom is -0.494 e. The molecular formula is C25H37N2O2+. The van der Waals surface area contributed by atoms with Crippen molar-refractivity contribution in [3.8, 4) is 5.75 Å². The van der Waals surface area contributed by atoms with Gasteiger partial charge in [-0.05, 0) is 43.4 Å². The second-order valence-electron chi connectivity index (χ2n) is 10.7.